The van der Waals surface area contributed by atoms with Gasteiger partial charge in [0.2, 0.25) is 0 Å². The average molecular weight is 206 g/mol. The zero-order valence-electron chi connectivity index (χ0n) is 8.58. The third-order valence-corrected chi connectivity index (χ3v) is 2.35. The van der Waals surface area contributed by atoms with E-state index in [2.05, 4.69) is 0 Å². The van der Waals surface area contributed by atoms with Crippen molar-refractivity contribution in [3.8, 4) is 11.5 Å². The number of hydrogen-bond acceptors (Lipinski definition) is 2. The summed E-state index contributed by atoms with van der Waals surface area (Å²) in [5, 5.41) is 1.26. The van der Waals surface area contributed by atoms with E-state index in [1.807, 2.05) is 0 Å². The summed E-state index contributed by atoms with van der Waals surface area (Å²) in [5.41, 5.74) is 0. The number of methoxy groups -OCH3 is 2. The minimum absolute atomic E-state index is 0.256. The minimum atomic E-state index is -0.256. The lowest BCUT2D eigenvalue weighted by molar-refractivity contribution is 0.412. The monoisotopic (exact) mass is 206 g/mol. The van der Waals surface area contributed by atoms with Gasteiger partial charge in [0.1, 0.15) is 17.3 Å². The molecule has 0 saturated heterocycles. The smallest absolute Gasteiger partial charge is 0.131 e. The molecule has 0 aliphatic rings. The fraction of sp³-hybridized carbons (Fsp3) is 0.167. The van der Waals surface area contributed by atoms with E-state index in [1.54, 1.807) is 38.5 Å². The Kier molecular flexibility index (Phi) is 2.46. The lowest BCUT2D eigenvalue weighted by atomic mass is 10.1. The van der Waals surface area contributed by atoms with Crippen molar-refractivity contribution >= 4 is 10.8 Å². The molecule has 0 bridgehead atoms. The zero-order valence-corrected chi connectivity index (χ0v) is 8.58. The molecule has 0 amide bonds. The van der Waals surface area contributed by atoms with Crippen molar-refractivity contribution < 1.29 is 13.9 Å². The minimum Gasteiger partial charge on any atom is -0.497 e. The molecule has 15 heavy (non-hydrogen) atoms. The Hall–Kier alpha value is -1.77. The predicted molar refractivity (Wildman–Crippen MR) is 57.0 cm³/mol. The van der Waals surface area contributed by atoms with Crippen molar-refractivity contribution in [2.45, 2.75) is 0 Å². The first-order valence-electron chi connectivity index (χ1n) is 4.56. The fourth-order valence-electron chi connectivity index (χ4n) is 1.57. The number of hydrogen-bond donors (Lipinski definition) is 0. The second kappa shape index (κ2) is 3.77. The van der Waals surface area contributed by atoms with Crippen molar-refractivity contribution in [3.63, 3.8) is 0 Å². The van der Waals surface area contributed by atoms with Gasteiger partial charge in [0.05, 0.1) is 14.2 Å². The first-order chi connectivity index (χ1) is 7.26. The maximum absolute atomic E-state index is 13.4. The number of ether oxygens (including phenoxy) is 2. The molecule has 0 spiro atoms. The molecular formula is C12H11FO2. The van der Waals surface area contributed by atoms with Crippen molar-refractivity contribution in [2.24, 2.45) is 0 Å². The van der Waals surface area contributed by atoms with Crippen LogP contribution in [0.4, 0.5) is 4.39 Å². The second-order valence-corrected chi connectivity index (χ2v) is 3.16. The summed E-state index contributed by atoms with van der Waals surface area (Å²) in [6.07, 6.45) is 0. The van der Waals surface area contributed by atoms with Gasteiger partial charge >= 0.3 is 0 Å². The van der Waals surface area contributed by atoms with Crippen LogP contribution in [-0.2, 0) is 0 Å². The molecule has 0 fully saturated rings. The van der Waals surface area contributed by atoms with E-state index in [0.717, 1.165) is 5.39 Å². The molecule has 2 aromatic rings. The molecule has 3 heteroatoms. The summed E-state index contributed by atoms with van der Waals surface area (Å²) in [6, 6.07) is 8.18. The van der Waals surface area contributed by atoms with Gasteiger partial charge in [-0.2, -0.15) is 0 Å². The molecule has 0 aliphatic carbocycles. The SMILES string of the molecule is COc1ccc2c(F)ccc(OC)c2c1. The van der Waals surface area contributed by atoms with Crippen LogP contribution in [0.15, 0.2) is 30.3 Å². The quantitative estimate of drug-likeness (QED) is 0.752. The molecule has 0 heterocycles. The van der Waals surface area contributed by atoms with E-state index in [0.29, 0.717) is 16.9 Å². The number of fused-ring (bicyclic) bond motifs is 1. The topological polar surface area (TPSA) is 18.5 Å². The standard InChI is InChI=1S/C12H11FO2/c1-14-8-3-4-9-10(7-8)12(15-2)6-5-11(9)13/h3-7H,1-2H3. The van der Waals surface area contributed by atoms with Crippen LogP contribution in [0.2, 0.25) is 0 Å². The second-order valence-electron chi connectivity index (χ2n) is 3.16. The van der Waals surface area contributed by atoms with E-state index in [1.165, 1.54) is 6.07 Å². The van der Waals surface area contributed by atoms with Crippen LogP contribution < -0.4 is 9.47 Å². The first kappa shape index (κ1) is 9.77. The molecule has 2 rings (SSSR count). The van der Waals surface area contributed by atoms with Crippen LogP contribution in [0.3, 0.4) is 0 Å². The van der Waals surface area contributed by atoms with Crippen molar-refractivity contribution in [1.82, 2.24) is 0 Å². The average Bonchev–Trinajstić information content (AvgIpc) is 2.29. The summed E-state index contributed by atoms with van der Waals surface area (Å²) in [6.45, 7) is 0. The van der Waals surface area contributed by atoms with Crippen molar-refractivity contribution in [2.75, 3.05) is 14.2 Å². The molecule has 0 unspecified atom stereocenters. The lowest BCUT2D eigenvalue weighted by Gasteiger charge is -2.07. The molecular weight excluding hydrogens is 195 g/mol. The van der Waals surface area contributed by atoms with Crippen molar-refractivity contribution in [1.29, 1.82) is 0 Å². The van der Waals surface area contributed by atoms with Crippen LogP contribution >= 0.6 is 0 Å². The van der Waals surface area contributed by atoms with Crippen molar-refractivity contribution in [3.05, 3.63) is 36.1 Å². The maximum atomic E-state index is 13.4. The Labute approximate surface area is 87.2 Å². The highest BCUT2D eigenvalue weighted by molar-refractivity contribution is 5.90. The fourth-order valence-corrected chi connectivity index (χ4v) is 1.57. The largest absolute Gasteiger partial charge is 0.497 e. The van der Waals surface area contributed by atoms with Crippen LogP contribution in [0.5, 0.6) is 11.5 Å². The van der Waals surface area contributed by atoms with Gasteiger partial charge in [0.25, 0.3) is 0 Å². The van der Waals surface area contributed by atoms with Gasteiger partial charge < -0.3 is 9.47 Å². The molecule has 0 atom stereocenters. The van der Waals surface area contributed by atoms with Crippen LogP contribution in [-0.4, -0.2) is 14.2 Å². The van der Waals surface area contributed by atoms with E-state index in [4.69, 9.17) is 9.47 Å². The third-order valence-electron chi connectivity index (χ3n) is 2.35. The summed E-state index contributed by atoms with van der Waals surface area (Å²) in [4.78, 5) is 0. The Bertz CT molecular complexity index is 494. The van der Waals surface area contributed by atoms with Gasteiger partial charge in [0.15, 0.2) is 0 Å². The van der Waals surface area contributed by atoms with Crippen LogP contribution in [0, 0.1) is 5.82 Å². The lowest BCUT2D eigenvalue weighted by Crippen LogP contribution is -1.89. The number of benzene rings is 2. The molecule has 0 radical (unpaired) electrons. The summed E-state index contributed by atoms with van der Waals surface area (Å²) < 4.78 is 23.7. The van der Waals surface area contributed by atoms with Gasteiger partial charge in [-0.25, -0.2) is 4.39 Å². The third kappa shape index (κ3) is 1.61. The summed E-state index contributed by atoms with van der Waals surface area (Å²) in [5.74, 6) is 1.07. The highest BCUT2D eigenvalue weighted by atomic mass is 19.1. The molecule has 2 aromatic carbocycles. The van der Waals surface area contributed by atoms with Gasteiger partial charge in [-0.1, -0.05) is 0 Å². The molecule has 78 valence electrons. The van der Waals surface area contributed by atoms with Crippen LogP contribution in [0.1, 0.15) is 0 Å². The summed E-state index contributed by atoms with van der Waals surface area (Å²) >= 11 is 0. The first-order valence-corrected chi connectivity index (χ1v) is 4.56. The van der Waals surface area contributed by atoms with Crippen LogP contribution in [0.25, 0.3) is 10.8 Å². The molecule has 2 nitrogen and oxygen atoms in total. The highest BCUT2D eigenvalue weighted by Crippen LogP contribution is 2.30. The van der Waals surface area contributed by atoms with Gasteiger partial charge in [-0.05, 0) is 30.3 Å². The summed E-state index contributed by atoms with van der Waals surface area (Å²) in [7, 11) is 3.14. The van der Waals surface area contributed by atoms with E-state index >= 15 is 0 Å². The molecule has 0 aromatic heterocycles. The Morgan fingerprint density at radius 2 is 1.73 bits per heavy atom. The van der Waals surface area contributed by atoms with Gasteiger partial charge in [-0.3, -0.25) is 0 Å². The normalized spacial score (nSPS) is 10.3. The Morgan fingerprint density at radius 3 is 2.40 bits per heavy atom. The van der Waals surface area contributed by atoms with E-state index < -0.39 is 0 Å². The molecule has 0 saturated carbocycles. The maximum Gasteiger partial charge on any atom is 0.131 e. The predicted octanol–water partition coefficient (Wildman–Crippen LogP) is 3.00. The van der Waals surface area contributed by atoms with Gasteiger partial charge in [-0.15, -0.1) is 0 Å². The Morgan fingerprint density at radius 1 is 0.933 bits per heavy atom. The number of rotatable bonds is 2. The van der Waals surface area contributed by atoms with E-state index in [9.17, 15) is 4.39 Å². The molecule has 0 N–H and O–H groups in total. The van der Waals surface area contributed by atoms with Gasteiger partial charge in [0, 0.05) is 10.8 Å². The molecule has 0 aliphatic heterocycles. The Balaban J connectivity index is 2.77. The highest BCUT2D eigenvalue weighted by Gasteiger charge is 2.06. The number of halogens is 1. The van der Waals surface area contributed by atoms with E-state index in [-0.39, 0.29) is 5.82 Å². The zero-order chi connectivity index (χ0) is 10.8.